The topological polar surface area (TPSA) is 43.5 Å². The van der Waals surface area contributed by atoms with E-state index < -0.39 is 0 Å². The van der Waals surface area contributed by atoms with Gasteiger partial charge >= 0.3 is 0 Å². The van der Waals surface area contributed by atoms with Crippen LogP contribution in [0.1, 0.15) is 0 Å². The minimum Gasteiger partial charge on any atom is -0.376 e. The smallest absolute Gasteiger partial charge is 0.104 e. The molecular weight excluding hydrogens is 252 g/mol. The summed E-state index contributed by atoms with van der Waals surface area (Å²) in [6.07, 6.45) is 0.777. The van der Waals surface area contributed by atoms with E-state index in [1.807, 2.05) is 0 Å². The lowest BCUT2D eigenvalue weighted by atomic mass is 10.4. The van der Waals surface area contributed by atoms with E-state index in [1.165, 1.54) is 0 Å². The molecule has 2 saturated heterocycles. The number of hydrogen-bond donors (Lipinski definition) is 0. The molecule has 0 aliphatic carbocycles. The quantitative estimate of drug-likeness (QED) is 0.476. The van der Waals surface area contributed by atoms with Gasteiger partial charge in [-0.05, 0) is 0 Å². The van der Waals surface area contributed by atoms with Crippen molar-refractivity contribution in [3.8, 4) is 0 Å². The van der Waals surface area contributed by atoms with E-state index in [9.17, 15) is 0 Å². The number of halogens is 1. The van der Waals surface area contributed by atoms with E-state index in [0.717, 1.165) is 18.5 Å². The van der Waals surface area contributed by atoms with Crippen LogP contribution in [-0.2, 0) is 18.9 Å². The maximum Gasteiger partial charge on any atom is 0.104 e. The molecule has 0 bridgehead atoms. The molecule has 0 aromatic heterocycles. The lowest BCUT2D eigenvalue weighted by Crippen LogP contribution is -2.24. The molecule has 0 aromatic rings. The summed E-state index contributed by atoms with van der Waals surface area (Å²) >= 11 is 3.39. The maximum atomic E-state index is 5.58. The minimum absolute atomic E-state index is 0.123. The first kappa shape index (κ1) is 10.8. The van der Waals surface area contributed by atoms with Crippen LogP contribution in [-0.4, -0.2) is 56.7 Å². The Kier molecular flexibility index (Phi) is 4.19. The van der Waals surface area contributed by atoms with Gasteiger partial charge in [-0.15, -0.1) is 0 Å². The van der Waals surface area contributed by atoms with Gasteiger partial charge in [-0.1, -0.05) is 15.9 Å². The summed E-state index contributed by atoms with van der Waals surface area (Å²) in [4.78, 5) is 0. The van der Waals surface area contributed by atoms with Crippen LogP contribution >= 0.6 is 15.9 Å². The highest BCUT2D eigenvalue weighted by molar-refractivity contribution is 9.09. The molecule has 2 heterocycles. The first-order valence-electron chi connectivity index (χ1n) is 4.87. The number of epoxide rings is 2. The molecule has 82 valence electrons. The van der Waals surface area contributed by atoms with Gasteiger partial charge in [0.1, 0.15) is 12.2 Å². The number of alkyl halides is 1. The van der Waals surface area contributed by atoms with Crippen molar-refractivity contribution in [3.05, 3.63) is 0 Å². The number of hydrogen-bond acceptors (Lipinski definition) is 4. The molecule has 2 rings (SSSR count). The third-order valence-electron chi connectivity index (χ3n) is 2.10. The highest BCUT2D eigenvalue weighted by atomic mass is 79.9. The molecule has 0 amide bonds. The van der Waals surface area contributed by atoms with E-state index in [-0.39, 0.29) is 6.10 Å². The normalized spacial score (nSPS) is 31.5. The molecule has 3 atom stereocenters. The second-order valence-corrected chi connectivity index (χ2v) is 4.21. The Morgan fingerprint density at radius 1 is 1.21 bits per heavy atom. The fourth-order valence-corrected chi connectivity index (χ4v) is 1.41. The van der Waals surface area contributed by atoms with Crippen LogP contribution in [0.2, 0.25) is 0 Å². The van der Waals surface area contributed by atoms with E-state index in [4.69, 9.17) is 18.9 Å². The van der Waals surface area contributed by atoms with Gasteiger partial charge in [0.25, 0.3) is 0 Å². The Labute approximate surface area is 92.0 Å². The Morgan fingerprint density at radius 3 is 2.43 bits per heavy atom. The SMILES string of the molecule is BrCC(COCC1CO1)OCC1CO1. The Morgan fingerprint density at radius 2 is 1.86 bits per heavy atom. The van der Waals surface area contributed by atoms with Crippen LogP contribution < -0.4 is 0 Å². The summed E-state index contributed by atoms with van der Waals surface area (Å²) in [5.74, 6) is 0. The van der Waals surface area contributed by atoms with Gasteiger partial charge in [-0.2, -0.15) is 0 Å². The third-order valence-corrected chi connectivity index (χ3v) is 2.82. The van der Waals surface area contributed by atoms with Crippen molar-refractivity contribution in [2.24, 2.45) is 0 Å². The molecule has 2 fully saturated rings. The van der Waals surface area contributed by atoms with E-state index >= 15 is 0 Å². The second-order valence-electron chi connectivity index (χ2n) is 3.56. The monoisotopic (exact) mass is 266 g/mol. The van der Waals surface area contributed by atoms with Crippen molar-refractivity contribution in [2.75, 3.05) is 38.4 Å². The van der Waals surface area contributed by atoms with Gasteiger partial charge in [0.05, 0.1) is 39.1 Å². The number of ether oxygens (including phenoxy) is 4. The van der Waals surface area contributed by atoms with Gasteiger partial charge in [-0.3, -0.25) is 0 Å². The zero-order chi connectivity index (χ0) is 9.80. The molecule has 0 aromatic carbocycles. The van der Waals surface area contributed by atoms with Crippen molar-refractivity contribution >= 4 is 15.9 Å². The largest absolute Gasteiger partial charge is 0.376 e. The molecule has 0 N–H and O–H groups in total. The lowest BCUT2D eigenvalue weighted by Gasteiger charge is -2.14. The van der Waals surface area contributed by atoms with Crippen molar-refractivity contribution in [3.63, 3.8) is 0 Å². The molecule has 4 nitrogen and oxygen atoms in total. The minimum atomic E-state index is 0.123. The first-order valence-corrected chi connectivity index (χ1v) is 5.99. The molecule has 2 aliphatic rings. The second kappa shape index (κ2) is 5.42. The highest BCUT2D eigenvalue weighted by Crippen LogP contribution is 2.12. The van der Waals surface area contributed by atoms with Crippen LogP contribution in [0.3, 0.4) is 0 Å². The fraction of sp³-hybridized carbons (Fsp3) is 1.00. The van der Waals surface area contributed by atoms with Crippen molar-refractivity contribution in [1.29, 1.82) is 0 Å². The standard InChI is InChI=1S/C9H15BrO4/c10-1-7(12-5-9-6-14-9)2-11-3-8-4-13-8/h7-9H,1-6H2. The van der Waals surface area contributed by atoms with Gasteiger partial charge < -0.3 is 18.9 Å². The van der Waals surface area contributed by atoms with E-state index in [0.29, 0.717) is 32.0 Å². The van der Waals surface area contributed by atoms with Crippen LogP contribution in [0.25, 0.3) is 0 Å². The Bertz CT molecular complexity index is 170. The van der Waals surface area contributed by atoms with Crippen molar-refractivity contribution in [1.82, 2.24) is 0 Å². The highest BCUT2D eigenvalue weighted by Gasteiger charge is 2.25. The average Bonchev–Trinajstić information content (AvgIpc) is 3.01. The van der Waals surface area contributed by atoms with Crippen LogP contribution in [0.5, 0.6) is 0 Å². The van der Waals surface area contributed by atoms with Gasteiger partial charge in [0.15, 0.2) is 0 Å². The van der Waals surface area contributed by atoms with Gasteiger partial charge in [-0.25, -0.2) is 0 Å². The molecular formula is C9H15BrO4. The van der Waals surface area contributed by atoms with Crippen LogP contribution in [0, 0.1) is 0 Å². The van der Waals surface area contributed by atoms with E-state index in [1.54, 1.807) is 0 Å². The third kappa shape index (κ3) is 4.23. The summed E-state index contributed by atoms with van der Waals surface area (Å²) in [6, 6.07) is 0. The molecule has 3 unspecified atom stereocenters. The van der Waals surface area contributed by atoms with Gasteiger partial charge in [0.2, 0.25) is 0 Å². The van der Waals surface area contributed by atoms with Crippen molar-refractivity contribution in [2.45, 2.75) is 18.3 Å². The predicted octanol–water partition coefficient (Wildman–Crippen LogP) is 0.581. The first-order chi connectivity index (χ1) is 6.88. The predicted molar refractivity (Wildman–Crippen MR) is 53.8 cm³/mol. The van der Waals surface area contributed by atoms with Crippen molar-refractivity contribution < 1.29 is 18.9 Å². The average molecular weight is 267 g/mol. The molecule has 0 saturated carbocycles. The number of rotatable bonds is 8. The molecule has 14 heavy (non-hydrogen) atoms. The van der Waals surface area contributed by atoms with Crippen LogP contribution in [0.15, 0.2) is 0 Å². The fourth-order valence-electron chi connectivity index (χ4n) is 1.04. The summed E-state index contributed by atoms with van der Waals surface area (Å²) < 4.78 is 21.1. The summed E-state index contributed by atoms with van der Waals surface area (Å²) in [5, 5.41) is 0.797. The molecule has 0 spiro atoms. The maximum absolute atomic E-state index is 5.58. The summed E-state index contributed by atoms with van der Waals surface area (Å²) in [5.41, 5.74) is 0. The molecule has 2 aliphatic heterocycles. The zero-order valence-electron chi connectivity index (χ0n) is 7.99. The zero-order valence-corrected chi connectivity index (χ0v) is 9.57. The Hall–Kier alpha value is 0.320. The summed E-state index contributed by atoms with van der Waals surface area (Å²) in [7, 11) is 0. The summed E-state index contributed by atoms with van der Waals surface area (Å²) in [6.45, 7) is 3.67. The van der Waals surface area contributed by atoms with E-state index in [2.05, 4.69) is 15.9 Å². The Balaban J connectivity index is 1.49. The van der Waals surface area contributed by atoms with Crippen LogP contribution in [0.4, 0.5) is 0 Å². The lowest BCUT2D eigenvalue weighted by molar-refractivity contribution is -0.0117. The molecule has 5 heteroatoms. The molecule has 0 radical (unpaired) electrons. The van der Waals surface area contributed by atoms with Gasteiger partial charge in [0, 0.05) is 5.33 Å².